The van der Waals surface area contributed by atoms with E-state index in [4.69, 9.17) is 0 Å². The molecule has 0 saturated heterocycles. The van der Waals surface area contributed by atoms with Crippen molar-refractivity contribution in [3.05, 3.63) is 23.4 Å². The van der Waals surface area contributed by atoms with Crippen LogP contribution in [0.4, 0.5) is 5.82 Å². The zero-order valence-electron chi connectivity index (χ0n) is 5.83. The number of aliphatic imine (C=N–C) groups is 1. The van der Waals surface area contributed by atoms with E-state index in [-0.39, 0.29) is 0 Å². The molecule has 0 amide bonds. The van der Waals surface area contributed by atoms with Crippen molar-refractivity contribution in [2.24, 2.45) is 4.99 Å². The van der Waals surface area contributed by atoms with E-state index in [9.17, 15) is 0 Å². The smallest absolute Gasteiger partial charge is 0.155 e. The van der Waals surface area contributed by atoms with Gasteiger partial charge in [0.2, 0.25) is 0 Å². The highest BCUT2D eigenvalue weighted by molar-refractivity contribution is 5.73. The van der Waals surface area contributed by atoms with Crippen molar-refractivity contribution >= 4 is 12.0 Å². The molecule has 1 aromatic heterocycles. The predicted octanol–water partition coefficient (Wildman–Crippen LogP) is 1.65. The maximum absolute atomic E-state index is 4.16. The van der Waals surface area contributed by atoms with Crippen molar-refractivity contribution in [3.8, 4) is 0 Å². The Hall–Kier alpha value is -1.18. The molecular formula is C8H8N2. The lowest BCUT2D eigenvalue weighted by Crippen LogP contribution is -1.82. The summed E-state index contributed by atoms with van der Waals surface area (Å²) in [4.78, 5) is 8.27. The van der Waals surface area contributed by atoms with Crippen LogP contribution in [-0.2, 0) is 6.42 Å². The van der Waals surface area contributed by atoms with Gasteiger partial charge in [-0.3, -0.25) is 0 Å². The van der Waals surface area contributed by atoms with E-state index in [0.717, 1.165) is 12.2 Å². The Labute approximate surface area is 59.6 Å². The molecule has 0 unspecified atom stereocenters. The lowest BCUT2D eigenvalue weighted by atomic mass is 10.2. The lowest BCUT2D eigenvalue weighted by molar-refractivity contribution is 1.21. The Kier molecular flexibility index (Phi) is 1.07. The first-order valence-corrected chi connectivity index (χ1v) is 3.34. The molecule has 1 aromatic rings. The third-order valence-corrected chi connectivity index (χ3v) is 1.60. The van der Waals surface area contributed by atoms with E-state index < -0.39 is 0 Å². The van der Waals surface area contributed by atoms with E-state index in [1.54, 1.807) is 0 Å². The average Bonchev–Trinajstić information content (AvgIpc) is 2.33. The summed E-state index contributed by atoms with van der Waals surface area (Å²) in [5.41, 5.74) is 2.46. The van der Waals surface area contributed by atoms with Crippen molar-refractivity contribution in [1.82, 2.24) is 4.98 Å². The van der Waals surface area contributed by atoms with Crippen molar-refractivity contribution in [2.75, 3.05) is 0 Å². The van der Waals surface area contributed by atoms with E-state index in [2.05, 4.69) is 16.0 Å². The summed E-state index contributed by atoms with van der Waals surface area (Å²) in [7, 11) is 0. The minimum atomic E-state index is 0.894. The fraction of sp³-hybridized carbons (Fsp3) is 0.250. The maximum Gasteiger partial charge on any atom is 0.155 e. The zero-order chi connectivity index (χ0) is 6.97. The van der Waals surface area contributed by atoms with E-state index in [1.165, 1.54) is 11.1 Å². The van der Waals surface area contributed by atoms with Gasteiger partial charge in [0.1, 0.15) is 0 Å². The largest absolute Gasteiger partial charge is 0.241 e. The second-order valence-corrected chi connectivity index (χ2v) is 2.51. The van der Waals surface area contributed by atoms with Gasteiger partial charge in [0.25, 0.3) is 0 Å². The normalized spacial score (nSPS) is 13.7. The molecule has 1 aliphatic rings. The summed E-state index contributed by atoms with van der Waals surface area (Å²) in [5, 5.41) is 0. The predicted molar refractivity (Wildman–Crippen MR) is 40.8 cm³/mol. The van der Waals surface area contributed by atoms with Crippen LogP contribution < -0.4 is 0 Å². The van der Waals surface area contributed by atoms with Crippen LogP contribution in [0.1, 0.15) is 11.1 Å². The van der Waals surface area contributed by atoms with E-state index >= 15 is 0 Å². The van der Waals surface area contributed by atoms with Gasteiger partial charge in [0.15, 0.2) is 5.82 Å². The van der Waals surface area contributed by atoms with Gasteiger partial charge in [0, 0.05) is 24.4 Å². The molecule has 0 spiro atoms. The van der Waals surface area contributed by atoms with Gasteiger partial charge in [0.05, 0.1) is 0 Å². The molecule has 2 heteroatoms. The molecule has 0 N–H and O–H groups in total. The molecule has 10 heavy (non-hydrogen) atoms. The van der Waals surface area contributed by atoms with Crippen LogP contribution in [-0.4, -0.2) is 11.2 Å². The fourth-order valence-corrected chi connectivity index (χ4v) is 1.12. The first-order valence-electron chi connectivity index (χ1n) is 3.34. The average molecular weight is 132 g/mol. The summed E-state index contributed by atoms with van der Waals surface area (Å²) < 4.78 is 0. The molecule has 2 heterocycles. The molecule has 50 valence electrons. The second kappa shape index (κ2) is 1.90. The SMILES string of the molecule is Cc1cnc2c(c1)CC=N2. The number of rotatable bonds is 0. The van der Waals surface area contributed by atoms with Crippen molar-refractivity contribution in [1.29, 1.82) is 0 Å². The molecular weight excluding hydrogens is 124 g/mol. The van der Waals surface area contributed by atoms with Gasteiger partial charge in [-0.05, 0) is 12.5 Å². The molecule has 0 aliphatic carbocycles. The number of hydrogen-bond acceptors (Lipinski definition) is 2. The Morgan fingerprint density at radius 3 is 3.30 bits per heavy atom. The lowest BCUT2D eigenvalue weighted by Gasteiger charge is -1.95. The van der Waals surface area contributed by atoms with Crippen LogP contribution in [0.5, 0.6) is 0 Å². The zero-order valence-corrected chi connectivity index (χ0v) is 5.83. The van der Waals surface area contributed by atoms with Crippen LogP contribution >= 0.6 is 0 Å². The third-order valence-electron chi connectivity index (χ3n) is 1.60. The molecule has 0 bridgehead atoms. The van der Waals surface area contributed by atoms with Gasteiger partial charge >= 0.3 is 0 Å². The quantitative estimate of drug-likeness (QED) is 0.527. The van der Waals surface area contributed by atoms with Crippen LogP contribution in [0.25, 0.3) is 0 Å². The molecule has 0 aromatic carbocycles. The summed E-state index contributed by atoms with van der Waals surface area (Å²) in [5.74, 6) is 0.894. The third kappa shape index (κ3) is 0.727. The number of aromatic nitrogens is 1. The first-order chi connectivity index (χ1) is 4.86. The molecule has 0 saturated carbocycles. The van der Waals surface area contributed by atoms with Crippen LogP contribution in [0, 0.1) is 6.92 Å². The Morgan fingerprint density at radius 2 is 2.40 bits per heavy atom. The van der Waals surface area contributed by atoms with Crippen molar-refractivity contribution < 1.29 is 0 Å². The van der Waals surface area contributed by atoms with Gasteiger partial charge in [-0.1, -0.05) is 6.07 Å². The van der Waals surface area contributed by atoms with Crippen molar-refractivity contribution in [3.63, 3.8) is 0 Å². The first kappa shape index (κ1) is 5.59. The highest BCUT2D eigenvalue weighted by Gasteiger charge is 2.05. The topological polar surface area (TPSA) is 25.2 Å². The van der Waals surface area contributed by atoms with Crippen LogP contribution in [0.3, 0.4) is 0 Å². The van der Waals surface area contributed by atoms with Gasteiger partial charge in [-0.25, -0.2) is 9.98 Å². The number of hydrogen-bond donors (Lipinski definition) is 0. The van der Waals surface area contributed by atoms with E-state index in [1.807, 2.05) is 19.3 Å². The summed E-state index contributed by atoms with van der Waals surface area (Å²) >= 11 is 0. The molecule has 2 nitrogen and oxygen atoms in total. The molecule has 1 aliphatic heterocycles. The number of nitrogens with zero attached hydrogens (tertiary/aromatic N) is 2. The number of fused-ring (bicyclic) bond motifs is 1. The van der Waals surface area contributed by atoms with E-state index in [0.29, 0.717) is 0 Å². The van der Waals surface area contributed by atoms with Gasteiger partial charge in [-0.2, -0.15) is 0 Å². The summed E-state index contributed by atoms with van der Waals surface area (Å²) in [6.45, 7) is 2.05. The van der Waals surface area contributed by atoms with Gasteiger partial charge < -0.3 is 0 Å². The maximum atomic E-state index is 4.16. The Morgan fingerprint density at radius 1 is 1.50 bits per heavy atom. The molecule has 2 rings (SSSR count). The highest BCUT2D eigenvalue weighted by atomic mass is 14.9. The fourth-order valence-electron chi connectivity index (χ4n) is 1.12. The Balaban J connectivity index is 2.59. The van der Waals surface area contributed by atoms with Gasteiger partial charge in [-0.15, -0.1) is 0 Å². The monoisotopic (exact) mass is 132 g/mol. The van der Waals surface area contributed by atoms with Crippen LogP contribution in [0.15, 0.2) is 17.3 Å². The molecule has 0 fully saturated rings. The second-order valence-electron chi connectivity index (χ2n) is 2.51. The van der Waals surface area contributed by atoms with Crippen LogP contribution in [0.2, 0.25) is 0 Å². The number of pyridine rings is 1. The molecule has 0 radical (unpaired) electrons. The van der Waals surface area contributed by atoms with Crippen molar-refractivity contribution in [2.45, 2.75) is 13.3 Å². The highest BCUT2D eigenvalue weighted by Crippen LogP contribution is 2.20. The summed E-state index contributed by atoms with van der Waals surface area (Å²) in [6.07, 6.45) is 4.70. The standard InChI is InChI=1S/C8H8N2/c1-6-4-7-2-3-9-8(7)10-5-6/h3-5H,2H2,1H3. The summed E-state index contributed by atoms with van der Waals surface area (Å²) in [6, 6.07) is 2.13. The minimum Gasteiger partial charge on any atom is -0.241 e. The number of aryl methyl sites for hydroxylation is 1. The Bertz CT molecular complexity index is 289. The molecule has 0 atom stereocenters. The minimum absolute atomic E-state index is 0.894.